The number of carbonyl (C=O) groups excluding carboxylic acids is 1. The first-order chi connectivity index (χ1) is 19.9. The van der Waals surface area contributed by atoms with Gasteiger partial charge in [0.15, 0.2) is 18.2 Å². The molecule has 1 amide bonds. The normalized spacial score (nSPS) is 28.8. The summed E-state index contributed by atoms with van der Waals surface area (Å²) in [5, 5.41) is 6.43. The topological polar surface area (TPSA) is 143 Å². The van der Waals surface area contributed by atoms with Crippen molar-refractivity contribution in [3.63, 3.8) is 0 Å². The van der Waals surface area contributed by atoms with Gasteiger partial charge in [-0.05, 0) is 56.7 Å². The minimum Gasteiger partial charge on any atom is -0.480 e. The van der Waals surface area contributed by atoms with Gasteiger partial charge in [-0.1, -0.05) is 0 Å². The average Bonchev–Trinajstić information content (AvgIpc) is 3.40. The summed E-state index contributed by atoms with van der Waals surface area (Å²) in [5.41, 5.74) is 8.11. The highest BCUT2D eigenvalue weighted by molar-refractivity contribution is 5.94. The van der Waals surface area contributed by atoms with Gasteiger partial charge in [-0.3, -0.25) is 9.78 Å². The largest absolute Gasteiger partial charge is 0.480 e. The molecule has 7 heterocycles. The number of nitrogens with zero attached hydrogens (tertiary/aromatic N) is 3. The lowest BCUT2D eigenvalue weighted by Crippen LogP contribution is -2.61. The Morgan fingerprint density at radius 3 is 2.80 bits per heavy atom. The molecule has 0 spiro atoms. The van der Waals surface area contributed by atoms with Crippen molar-refractivity contribution >= 4 is 22.8 Å². The van der Waals surface area contributed by atoms with Crippen molar-refractivity contribution in [1.29, 1.82) is 0 Å². The molecular weight excluding hydrogens is 531 g/mol. The van der Waals surface area contributed by atoms with Gasteiger partial charge in [0.1, 0.15) is 11.9 Å². The van der Waals surface area contributed by atoms with Crippen molar-refractivity contribution in [1.82, 2.24) is 20.3 Å². The lowest BCUT2D eigenvalue weighted by atomic mass is 9.69. The number of fused-ring (bicyclic) bond motifs is 5. The van der Waals surface area contributed by atoms with E-state index in [0.717, 1.165) is 31.4 Å². The van der Waals surface area contributed by atoms with Gasteiger partial charge in [-0.2, -0.15) is 0 Å². The van der Waals surface area contributed by atoms with E-state index in [1.165, 1.54) is 6.20 Å². The molecule has 3 aromatic heterocycles. The van der Waals surface area contributed by atoms with Crippen LogP contribution in [-0.4, -0.2) is 70.6 Å². The van der Waals surface area contributed by atoms with E-state index in [1.54, 1.807) is 12.1 Å². The number of carbonyl (C=O) groups is 1. The van der Waals surface area contributed by atoms with Crippen LogP contribution in [0, 0.1) is 5.82 Å². The van der Waals surface area contributed by atoms with E-state index in [2.05, 4.69) is 25.6 Å². The molecule has 0 radical (unpaired) electrons. The van der Waals surface area contributed by atoms with Gasteiger partial charge in [-0.15, -0.1) is 0 Å². The smallest absolute Gasteiger partial charge is 0.263 e. The van der Waals surface area contributed by atoms with Crippen LogP contribution < -0.4 is 25.8 Å². The molecule has 4 N–H and O–H groups in total. The van der Waals surface area contributed by atoms with Crippen molar-refractivity contribution in [2.75, 3.05) is 31.7 Å². The molecule has 216 valence electrons. The summed E-state index contributed by atoms with van der Waals surface area (Å²) in [5.74, 6) is 0.856. The van der Waals surface area contributed by atoms with Crippen molar-refractivity contribution in [2.45, 2.75) is 68.4 Å². The van der Waals surface area contributed by atoms with Gasteiger partial charge in [0.05, 0.1) is 54.4 Å². The fraction of sp³-hybridized carbons (Fsp3) is 0.517. The van der Waals surface area contributed by atoms with Crippen molar-refractivity contribution in [3.05, 3.63) is 47.5 Å². The summed E-state index contributed by atoms with van der Waals surface area (Å²) >= 11 is 0. The number of aryl methyl sites for hydroxylation is 1. The van der Waals surface area contributed by atoms with Crippen LogP contribution in [0.5, 0.6) is 11.6 Å². The second-order valence-corrected chi connectivity index (χ2v) is 11.6. The molecule has 1 unspecified atom stereocenters. The number of aromatic nitrogens is 3. The number of pyridine rings is 3. The van der Waals surface area contributed by atoms with Gasteiger partial charge in [-0.25, -0.2) is 14.4 Å². The van der Waals surface area contributed by atoms with Gasteiger partial charge >= 0.3 is 0 Å². The molecular formula is C29H33FN6O5. The molecule has 1 saturated carbocycles. The van der Waals surface area contributed by atoms with Crippen LogP contribution in [0.25, 0.3) is 11.0 Å². The first kappa shape index (κ1) is 26.4. The van der Waals surface area contributed by atoms with Crippen LogP contribution in [-0.2, 0) is 27.2 Å². The zero-order valence-electron chi connectivity index (χ0n) is 22.7. The molecule has 41 heavy (non-hydrogen) atoms. The Balaban J connectivity index is 0.997. The summed E-state index contributed by atoms with van der Waals surface area (Å²) in [6, 6.07) is 7.06. The zero-order chi connectivity index (χ0) is 28.0. The number of halogens is 1. The van der Waals surface area contributed by atoms with Crippen LogP contribution in [0.15, 0.2) is 30.5 Å². The summed E-state index contributed by atoms with van der Waals surface area (Å²) in [6.45, 7) is 2.00. The summed E-state index contributed by atoms with van der Waals surface area (Å²) in [6.07, 6.45) is 5.84. The van der Waals surface area contributed by atoms with Crippen LogP contribution in [0.4, 0.5) is 10.2 Å². The molecule has 2 bridgehead atoms. The number of hydrogen-bond donors (Lipinski definition) is 3. The number of nitrogens with two attached hydrogens (primary N) is 1. The maximum atomic E-state index is 15.1. The lowest BCUT2D eigenvalue weighted by molar-refractivity contribution is -0.165. The Morgan fingerprint density at radius 2 is 2.02 bits per heavy atom. The zero-order valence-corrected chi connectivity index (χ0v) is 22.7. The molecule has 3 aromatic rings. The number of hydrogen-bond acceptors (Lipinski definition) is 10. The Kier molecular flexibility index (Phi) is 6.73. The second kappa shape index (κ2) is 10.4. The van der Waals surface area contributed by atoms with E-state index in [-0.39, 0.29) is 41.6 Å². The highest BCUT2D eigenvalue weighted by Crippen LogP contribution is 2.46. The molecule has 5 aliphatic rings. The second-order valence-electron chi connectivity index (χ2n) is 11.6. The summed E-state index contributed by atoms with van der Waals surface area (Å²) in [4.78, 5) is 25.1. The Morgan fingerprint density at radius 1 is 1.15 bits per heavy atom. The Hall–Kier alpha value is -3.45. The molecule has 8 rings (SSSR count). The lowest BCUT2D eigenvalue weighted by Gasteiger charge is -2.53. The van der Waals surface area contributed by atoms with E-state index >= 15 is 4.39 Å². The predicted molar refractivity (Wildman–Crippen MR) is 146 cm³/mol. The Labute approximate surface area is 236 Å². The molecule has 12 heteroatoms. The number of rotatable bonds is 8. The minimum absolute atomic E-state index is 0.00982. The molecule has 0 aromatic carbocycles. The monoisotopic (exact) mass is 564 g/mol. The molecule has 11 nitrogen and oxygen atoms in total. The fourth-order valence-corrected chi connectivity index (χ4v) is 6.26. The van der Waals surface area contributed by atoms with Gasteiger partial charge in [0.25, 0.3) is 5.91 Å². The molecule has 4 fully saturated rings. The number of nitrogens with one attached hydrogen (secondary N) is 2. The number of ether oxygens (including phenoxy) is 4. The van der Waals surface area contributed by atoms with E-state index in [4.69, 9.17) is 24.7 Å². The van der Waals surface area contributed by atoms with E-state index in [1.807, 2.05) is 12.1 Å². The standard InChI is InChI=1S/C29H33FN6O5/c30-19-12-32-21-2-4-25(41-23-14-38-13-20(23)31)36-26(21)18(19)5-6-29-9-7-28(8-10-29,16-40-29)33-11-17-1-3-22-27(34-17)35-24(37)15-39-22/h1-4,12,20,23,33H,5-11,13-16,31H2,(H,34,35,37)/t20-,23?,28?,29?/m0/s1. The number of amides is 1. The SMILES string of the molecule is N[C@H]1COCC1Oc1ccc2ncc(F)c(CCC34CCC(NCc5ccc6c(n5)NC(=O)CO6)(CC3)CO4)c2n1. The van der Waals surface area contributed by atoms with Gasteiger partial charge in [0, 0.05) is 23.7 Å². The third-order valence-corrected chi connectivity index (χ3v) is 8.86. The van der Waals surface area contributed by atoms with Crippen LogP contribution in [0.1, 0.15) is 43.4 Å². The van der Waals surface area contributed by atoms with Gasteiger partial charge < -0.3 is 35.3 Å². The molecule has 2 atom stereocenters. The van der Waals surface area contributed by atoms with Crippen molar-refractivity contribution in [3.8, 4) is 11.6 Å². The Bertz CT molecular complexity index is 1460. The van der Waals surface area contributed by atoms with Crippen LogP contribution >= 0.6 is 0 Å². The summed E-state index contributed by atoms with van der Waals surface area (Å²) < 4.78 is 38.3. The number of anilines is 1. The van der Waals surface area contributed by atoms with Crippen LogP contribution in [0.2, 0.25) is 0 Å². The third kappa shape index (κ3) is 5.21. The highest BCUT2D eigenvalue weighted by Gasteiger charge is 2.49. The van der Waals surface area contributed by atoms with E-state index in [0.29, 0.717) is 73.3 Å². The quantitative estimate of drug-likeness (QED) is 0.373. The molecule has 3 saturated heterocycles. The van der Waals surface area contributed by atoms with E-state index < -0.39 is 0 Å². The van der Waals surface area contributed by atoms with Crippen molar-refractivity contribution in [2.24, 2.45) is 5.73 Å². The first-order valence-electron chi connectivity index (χ1n) is 14.2. The third-order valence-electron chi connectivity index (χ3n) is 8.86. The average molecular weight is 565 g/mol. The summed E-state index contributed by atoms with van der Waals surface area (Å²) in [7, 11) is 0. The molecule has 1 aliphatic carbocycles. The minimum atomic E-state index is -0.374. The highest BCUT2D eigenvalue weighted by atomic mass is 19.1. The van der Waals surface area contributed by atoms with Crippen molar-refractivity contribution < 1.29 is 28.1 Å². The van der Waals surface area contributed by atoms with E-state index in [9.17, 15) is 4.79 Å². The van der Waals surface area contributed by atoms with Gasteiger partial charge in [0.2, 0.25) is 5.88 Å². The maximum Gasteiger partial charge on any atom is 0.263 e. The van der Waals surface area contributed by atoms with Crippen LogP contribution in [0.3, 0.4) is 0 Å². The first-order valence-corrected chi connectivity index (χ1v) is 14.2. The molecule has 4 aliphatic heterocycles. The predicted octanol–water partition coefficient (Wildman–Crippen LogP) is 2.40. The fourth-order valence-electron chi connectivity index (χ4n) is 6.26. The maximum absolute atomic E-state index is 15.1.